The molecule has 1 aromatic rings. The number of sulfonamides is 1. The molecule has 0 unspecified atom stereocenters. The number of hydrogen-bond donors (Lipinski definition) is 1. The van der Waals surface area contributed by atoms with Gasteiger partial charge >= 0.3 is 0 Å². The molecule has 8 nitrogen and oxygen atoms in total. The van der Waals surface area contributed by atoms with Crippen molar-refractivity contribution in [2.24, 2.45) is 0 Å². The van der Waals surface area contributed by atoms with Crippen LogP contribution in [0.25, 0.3) is 0 Å². The van der Waals surface area contributed by atoms with Gasteiger partial charge in [-0.3, -0.25) is 4.79 Å². The van der Waals surface area contributed by atoms with E-state index >= 15 is 0 Å². The molecule has 1 aliphatic rings. The van der Waals surface area contributed by atoms with E-state index in [1.54, 1.807) is 13.0 Å². The van der Waals surface area contributed by atoms with Crippen LogP contribution in [0.15, 0.2) is 23.1 Å². The van der Waals surface area contributed by atoms with Crippen LogP contribution in [-0.2, 0) is 19.6 Å². The summed E-state index contributed by atoms with van der Waals surface area (Å²) in [5, 5.41) is 2.61. The van der Waals surface area contributed by atoms with Crippen LogP contribution in [0.5, 0.6) is 11.5 Å². The van der Waals surface area contributed by atoms with Gasteiger partial charge in [-0.2, -0.15) is 4.31 Å². The Morgan fingerprint density at radius 3 is 2.67 bits per heavy atom. The van der Waals surface area contributed by atoms with Crippen molar-refractivity contribution in [3.8, 4) is 11.5 Å². The van der Waals surface area contributed by atoms with Crippen LogP contribution in [0, 0.1) is 0 Å². The summed E-state index contributed by atoms with van der Waals surface area (Å²) in [6, 6.07) is 4.44. The molecule has 0 fully saturated rings. The molecule has 9 heteroatoms. The number of nitrogens with zero attached hydrogens (tertiary/aromatic N) is 1. The number of carbonyl (C=O) groups excluding carboxylic acids is 1. The molecule has 1 amide bonds. The van der Waals surface area contributed by atoms with Crippen LogP contribution < -0.4 is 14.8 Å². The second-order valence-corrected chi connectivity index (χ2v) is 7.02. The zero-order valence-electron chi connectivity index (χ0n) is 13.8. The number of nitrogens with one attached hydrogen (secondary N) is 1. The molecule has 0 atom stereocenters. The summed E-state index contributed by atoms with van der Waals surface area (Å²) in [4.78, 5) is 11.9. The number of fused-ring (bicyclic) bond motifs is 1. The van der Waals surface area contributed by atoms with E-state index < -0.39 is 10.0 Å². The summed E-state index contributed by atoms with van der Waals surface area (Å²) in [6.45, 7) is 3.10. The minimum Gasteiger partial charge on any atom is -0.486 e. The predicted octanol–water partition coefficient (Wildman–Crippen LogP) is 0.231. The maximum atomic E-state index is 12.7. The molecule has 1 aliphatic heterocycles. The van der Waals surface area contributed by atoms with E-state index in [0.29, 0.717) is 37.9 Å². The number of benzene rings is 1. The Balaban J connectivity index is 2.13. The lowest BCUT2D eigenvalue weighted by molar-refractivity contribution is -0.121. The summed E-state index contributed by atoms with van der Waals surface area (Å²) < 4.78 is 42.2. The molecule has 1 aromatic carbocycles. The van der Waals surface area contributed by atoms with Crippen molar-refractivity contribution in [1.82, 2.24) is 9.62 Å². The highest BCUT2D eigenvalue weighted by molar-refractivity contribution is 7.89. The van der Waals surface area contributed by atoms with Crippen molar-refractivity contribution >= 4 is 15.9 Å². The Morgan fingerprint density at radius 1 is 1.29 bits per heavy atom. The van der Waals surface area contributed by atoms with Crippen molar-refractivity contribution in [2.45, 2.75) is 11.8 Å². The average Bonchev–Trinajstić information content (AvgIpc) is 2.59. The van der Waals surface area contributed by atoms with Gasteiger partial charge in [0.1, 0.15) is 13.2 Å². The van der Waals surface area contributed by atoms with Crippen LogP contribution in [0.4, 0.5) is 0 Å². The summed E-state index contributed by atoms with van der Waals surface area (Å²) in [6.07, 6.45) is 0. The van der Waals surface area contributed by atoms with E-state index in [1.807, 2.05) is 0 Å². The van der Waals surface area contributed by atoms with Gasteiger partial charge in [-0.15, -0.1) is 0 Å². The van der Waals surface area contributed by atoms with Gasteiger partial charge in [0, 0.05) is 26.3 Å². The predicted molar refractivity (Wildman–Crippen MR) is 86.8 cm³/mol. The molecule has 0 spiro atoms. The Morgan fingerprint density at radius 2 is 2.00 bits per heavy atom. The molecule has 1 heterocycles. The van der Waals surface area contributed by atoms with E-state index in [2.05, 4.69) is 5.32 Å². The number of methoxy groups -OCH3 is 1. The fraction of sp³-hybridized carbons (Fsp3) is 0.533. The molecule has 1 N–H and O–H groups in total. The van der Waals surface area contributed by atoms with E-state index in [4.69, 9.17) is 14.2 Å². The number of rotatable bonds is 8. The second-order valence-electron chi connectivity index (χ2n) is 5.08. The highest BCUT2D eigenvalue weighted by Gasteiger charge is 2.27. The molecule has 134 valence electrons. The van der Waals surface area contributed by atoms with Gasteiger partial charge in [-0.25, -0.2) is 8.42 Å². The van der Waals surface area contributed by atoms with Crippen molar-refractivity contribution in [1.29, 1.82) is 0 Å². The van der Waals surface area contributed by atoms with Crippen molar-refractivity contribution in [2.75, 3.05) is 46.6 Å². The lowest BCUT2D eigenvalue weighted by Crippen LogP contribution is -2.41. The van der Waals surface area contributed by atoms with Crippen LogP contribution in [-0.4, -0.2) is 65.2 Å². The SMILES string of the molecule is CCN(CC(=O)NCCOC)S(=O)(=O)c1ccc2c(c1)OCCO2. The van der Waals surface area contributed by atoms with Gasteiger partial charge in [-0.05, 0) is 12.1 Å². The lowest BCUT2D eigenvalue weighted by Gasteiger charge is -2.22. The number of hydrogen-bond acceptors (Lipinski definition) is 6. The van der Waals surface area contributed by atoms with Crippen molar-refractivity contribution in [3.05, 3.63) is 18.2 Å². The number of likely N-dealkylation sites (N-methyl/N-ethyl adjacent to an activating group) is 1. The molecular formula is C15H22N2O6S. The third-order valence-electron chi connectivity index (χ3n) is 3.45. The standard InChI is InChI=1S/C15H22N2O6S/c1-3-17(11-15(18)16-6-7-21-2)24(19,20)12-4-5-13-14(10-12)23-9-8-22-13/h4-5,10H,3,6-9,11H2,1-2H3,(H,16,18). The molecule has 0 saturated heterocycles. The largest absolute Gasteiger partial charge is 0.486 e. The molecule has 0 aromatic heterocycles. The molecule has 0 radical (unpaired) electrons. The van der Waals surface area contributed by atoms with Crippen LogP contribution in [0.2, 0.25) is 0 Å². The maximum Gasteiger partial charge on any atom is 0.243 e. The molecule has 0 bridgehead atoms. The Bertz CT molecular complexity index is 677. The molecule has 0 aliphatic carbocycles. The van der Waals surface area contributed by atoms with Gasteiger partial charge in [0.25, 0.3) is 0 Å². The zero-order valence-corrected chi connectivity index (χ0v) is 14.6. The minimum atomic E-state index is -3.80. The summed E-state index contributed by atoms with van der Waals surface area (Å²) in [7, 11) is -2.28. The smallest absolute Gasteiger partial charge is 0.243 e. The molecule has 0 saturated carbocycles. The first-order chi connectivity index (χ1) is 11.5. The van der Waals surface area contributed by atoms with E-state index in [9.17, 15) is 13.2 Å². The first-order valence-electron chi connectivity index (χ1n) is 7.64. The van der Waals surface area contributed by atoms with Gasteiger partial charge in [-0.1, -0.05) is 6.92 Å². The number of ether oxygens (including phenoxy) is 3. The van der Waals surface area contributed by atoms with Crippen molar-refractivity contribution < 1.29 is 27.4 Å². The first kappa shape index (κ1) is 18.5. The van der Waals surface area contributed by atoms with E-state index in [-0.39, 0.29) is 23.9 Å². The average molecular weight is 358 g/mol. The highest BCUT2D eigenvalue weighted by Crippen LogP contribution is 2.33. The Hall–Kier alpha value is -1.84. The second kappa shape index (κ2) is 8.32. The van der Waals surface area contributed by atoms with Crippen LogP contribution in [0.1, 0.15) is 6.92 Å². The summed E-state index contributed by atoms with van der Waals surface area (Å²) in [5.41, 5.74) is 0. The summed E-state index contributed by atoms with van der Waals surface area (Å²) >= 11 is 0. The lowest BCUT2D eigenvalue weighted by atomic mass is 10.3. The van der Waals surface area contributed by atoms with Gasteiger partial charge in [0.05, 0.1) is 18.0 Å². The monoisotopic (exact) mass is 358 g/mol. The Kier molecular flexibility index (Phi) is 6.41. The highest BCUT2D eigenvalue weighted by atomic mass is 32.2. The topological polar surface area (TPSA) is 94.2 Å². The van der Waals surface area contributed by atoms with E-state index in [0.717, 1.165) is 4.31 Å². The van der Waals surface area contributed by atoms with Gasteiger partial charge in [0.15, 0.2) is 11.5 Å². The normalized spacial score (nSPS) is 13.8. The molecule has 2 rings (SSSR count). The third kappa shape index (κ3) is 4.37. The summed E-state index contributed by atoms with van der Waals surface area (Å²) in [5.74, 6) is 0.526. The van der Waals surface area contributed by atoms with Crippen LogP contribution >= 0.6 is 0 Å². The zero-order chi connectivity index (χ0) is 17.6. The van der Waals surface area contributed by atoms with Gasteiger partial charge in [0.2, 0.25) is 15.9 Å². The maximum absolute atomic E-state index is 12.7. The van der Waals surface area contributed by atoms with Gasteiger partial charge < -0.3 is 19.5 Å². The Labute approximate surface area is 141 Å². The first-order valence-corrected chi connectivity index (χ1v) is 9.08. The number of carbonyl (C=O) groups is 1. The van der Waals surface area contributed by atoms with Crippen molar-refractivity contribution in [3.63, 3.8) is 0 Å². The van der Waals surface area contributed by atoms with Crippen LogP contribution in [0.3, 0.4) is 0 Å². The fourth-order valence-corrected chi connectivity index (χ4v) is 3.63. The third-order valence-corrected chi connectivity index (χ3v) is 5.37. The molecule has 24 heavy (non-hydrogen) atoms. The number of amides is 1. The fourth-order valence-electron chi connectivity index (χ4n) is 2.21. The minimum absolute atomic E-state index is 0.0679. The molecular weight excluding hydrogens is 336 g/mol. The van der Waals surface area contributed by atoms with E-state index in [1.165, 1.54) is 19.2 Å². The quantitative estimate of drug-likeness (QED) is 0.669.